The number of para-hydroxylation sites is 2. The minimum Gasteiger partial charge on any atom is -0.493 e. The third kappa shape index (κ3) is 4.36. The smallest absolute Gasteiger partial charge is 0.260 e. The molecule has 142 valence electrons. The van der Waals surface area contributed by atoms with E-state index in [-0.39, 0.29) is 24.0 Å². The zero-order valence-electron chi connectivity index (χ0n) is 15.1. The van der Waals surface area contributed by atoms with Crippen molar-refractivity contribution in [2.24, 2.45) is 0 Å². The molecule has 2 aromatic carbocycles. The number of amides is 2. The number of carbonyl (C=O) groups is 2. The summed E-state index contributed by atoms with van der Waals surface area (Å²) in [4.78, 5) is 28.0. The van der Waals surface area contributed by atoms with Gasteiger partial charge in [0.1, 0.15) is 5.82 Å². The first-order chi connectivity index (χ1) is 13.1. The van der Waals surface area contributed by atoms with Gasteiger partial charge < -0.3 is 19.3 Å². The lowest BCUT2D eigenvalue weighted by atomic mass is 10.1. The summed E-state index contributed by atoms with van der Waals surface area (Å²) in [5, 5.41) is 0. The highest BCUT2D eigenvalue weighted by atomic mass is 19.1. The van der Waals surface area contributed by atoms with Gasteiger partial charge in [-0.1, -0.05) is 24.3 Å². The first-order valence-corrected chi connectivity index (χ1v) is 8.67. The van der Waals surface area contributed by atoms with Gasteiger partial charge in [-0.15, -0.1) is 0 Å². The number of hydrogen-bond acceptors (Lipinski definition) is 4. The van der Waals surface area contributed by atoms with Gasteiger partial charge in [-0.05, 0) is 24.3 Å². The summed E-state index contributed by atoms with van der Waals surface area (Å²) < 4.78 is 24.5. The Morgan fingerprint density at radius 2 is 1.52 bits per heavy atom. The SMILES string of the molecule is COc1ccccc1OCC(=O)N1CCN(C(=O)c2ccccc2F)CC1. The van der Waals surface area contributed by atoms with Gasteiger partial charge in [-0.2, -0.15) is 0 Å². The van der Waals surface area contributed by atoms with Crippen LogP contribution in [0.15, 0.2) is 48.5 Å². The molecule has 2 aromatic rings. The van der Waals surface area contributed by atoms with Crippen LogP contribution in [-0.4, -0.2) is 61.5 Å². The monoisotopic (exact) mass is 372 g/mol. The number of hydrogen-bond donors (Lipinski definition) is 0. The fraction of sp³-hybridized carbons (Fsp3) is 0.300. The molecule has 0 unspecified atom stereocenters. The average molecular weight is 372 g/mol. The molecule has 27 heavy (non-hydrogen) atoms. The number of piperazine rings is 1. The van der Waals surface area contributed by atoms with E-state index < -0.39 is 5.82 Å². The van der Waals surface area contributed by atoms with Crippen molar-refractivity contribution < 1.29 is 23.5 Å². The molecule has 0 spiro atoms. The van der Waals surface area contributed by atoms with Crippen molar-refractivity contribution >= 4 is 11.8 Å². The van der Waals surface area contributed by atoms with Gasteiger partial charge in [0.15, 0.2) is 18.1 Å². The number of nitrogens with zero attached hydrogens (tertiary/aromatic N) is 2. The van der Waals surface area contributed by atoms with Gasteiger partial charge in [0.2, 0.25) is 0 Å². The van der Waals surface area contributed by atoms with Gasteiger partial charge in [0.25, 0.3) is 11.8 Å². The molecule has 0 aliphatic carbocycles. The van der Waals surface area contributed by atoms with Crippen molar-refractivity contribution in [1.29, 1.82) is 0 Å². The normalized spacial score (nSPS) is 14.0. The quantitative estimate of drug-likeness (QED) is 0.807. The van der Waals surface area contributed by atoms with Gasteiger partial charge in [-0.25, -0.2) is 4.39 Å². The maximum Gasteiger partial charge on any atom is 0.260 e. The number of halogens is 1. The van der Waals surface area contributed by atoms with Crippen molar-refractivity contribution in [3.63, 3.8) is 0 Å². The molecule has 0 bridgehead atoms. The van der Waals surface area contributed by atoms with Gasteiger partial charge in [-0.3, -0.25) is 9.59 Å². The molecular weight excluding hydrogens is 351 g/mol. The van der Waals surface area contributed by atoms with Crippen LogP contribution in [0.5, 0.6) is 11.5 Å². The summed E-state index contributed by atoms with van der Waals surface area (Å²) in [7, 11) is 1.54. The molecule has 0 atom stereocenters. The van der Waals surface area contributed by atoms with Crippen LogP contribution >= 0.6 is 0 Å². The maximum atomic E-state index is 13.8. The van der Waals surface area contributed by atoms with E-state index in [9.17, 15) is 14.0 Å². The Morgan fingerprint density at radius 1 is 0.926 bits per heavy atom. The molecule has 1 aliphatic heterocycles. The summed E-state index contributed by atoms with van der Waals surface area (Å²) in [5.74, 6) is 0.00269. The highest BCUT2D eigenvalue weighted by Gasteiger charge is 2.26. The highest BCUT2D eigenvalue weighted by Crippen LogP contribution is 2.25. The lowest BCUT2D eigenvalue weighted by Gasteiger charge is -2.34. The summed E-state index contributed by atoms with van der Waals surface area (Å²) >= 11 is 0. The largest absolute Gasteiger partial charge is 0.493 e. The zero-order chi connectivity index (χ0) is 19.2. The first kappa shape index (κ1) is 18.7. The molecular formula is C20H21FN2O4. The second kappa shape index (κ2) is 8.53. The summed E-state index contributed by atoms with van der Waals surface area (Å²) in [6.45, 7) is 1.37. The van der Waals surface area contributed by atoms with Crippen molar-refractivity contribution in [2.75, 3.05) is 39.9 Å². The summed E-state index contributed by atoms with van der Waals surface area (Å²) in [5.41, 5.74) is 0.0526. The molecule has 0 N–H and O–H groups in total. The van der Waals surface area contributed by atoms with E-state index in [1.165, 1.54) is 19.2 Å². The number of methoxy groups -OCH3 is 1. The van der Waals surface area contributed by atoms with Crippen molar-refractivity contribution in [3.05, 3.63) is 59.9 Å². The molecule has 7 heteroatoms. The molecule has 2 amide bonds. The molecule has 0 radical (unpaired) electrons. The molecule has 1 heterocycles. The van der Waals surface area contributed by atoms with Crippen LogP contribution in [0, 0.1) is 5.82 Å². The first-order valence-electron chi connectivity index (χ1n) is 8.67. The fourth-order valence-corrected chi connectivity index (χ4v) is 2.93. The van der Waals surface area contributed by atoms with Crippen LogP contribution in [0.2, 0.25) is 0 Å². The fourth-order valence-electron chi connectivity index (χ4n) is 2.93. The summed E-state index contributed by atoms with van der Waals surface area (Å²) in [6, 6.07) is 13.0. The number of rotatable bonds is 5. The predicted molar refractivity (Wildman–Crippen MR) is 97.4 cm³/mol. The minimum absolute atomic E-state index is 0.0526. The van der Waals surface area contributed by atoms with E-state index >= 15 is 0 Å². The number of carbonyl (C=O) groups excluding carboxylic acids is 2. The molecule has 1 aliphatic rings. The van der Waals surface area contributed by atoms with Crippen molar-refractivity contribution in [1.82, 2.24) is 9.80 Å². The summed E-state index contributed by atoms with van der Waals surface area (Å²) in [6.07, 6.45) is 0. The van der Waals surface area contributed by atoms with E-state index in [0.717, 1.165) is 0 Å². The van der Waals surface area contributed by atoms with E-state index in [1.54, 1.807) is 40.1 Å². The molecule has 0 aromatic heterocycles. The van der Waals surface area contributed by atoms with Gasteiger partial charge >= 0.3 is 0 Å². The Labute approximate surface area is 157 Å². The van der Waals surface area contributed by atoms with Crippen LogP contribution in [-0.2, 0) is 4.79 Å². The average Bonchev–Trinajstić information content (AvgIpc) is 2.72. The predicted octanol–water partition coefficient (Wildman–Crippen LogP) is 2.20. The van der Waals surface area contributed by atoms with E-state index in [4.69, 9.17) is 9.47 Å². The Bertz CT molecular complexity index is 819. The number of ether oxygens (including phenoxy) is 2. The van der Waals surface area contributed by atoms with Gasteiger partial charge in [0, 0.05) is 26.2 Å². The maximum absolute atomic E-state index is 13.8. The highest BCUT2D eigenvalue weighted by molar-refractivity contribution is 5.94. The minimum atomic E-state index is -0.536. The van der Waals surface area contributed by atoms with Crippen LogP contribution in [0.25, 0.3) is 0 Å². The molecule has 6 nitrogen and oxygen atoms in total. The zero-order valence-corrected chi connectivity index (χ0v) is 15.1. The lowest BCUT2D eigenvalue weighted by Crippen LogP contribution is -2.51. The van der Waals surface area contributed by atoms with Crippen LogP contribution in [0.4, 0.5) is 4.39 Å². The Morgan fingerprint density at radius 3 is 2.19 bits per heavy atom. The lowest BCUT2D eigenvalue weighted by molar-refractivity contribution is -0.134. The van der Waals surface area contributed by atoms with Crippen LogP contribution < -0.4 is 9.47 Å². The Balaban J connectivity index is 1.52. The third-order valence-corrected chi connectivity index (χ3v) is 4.44. The molecule has 0 saturated carbocycles. The van der Waals surface area contributed by atoms with E-state index in [1.807, 2.05) is 6.07 Å². The van der Waals surface area contributed by atoms with Crippen LogP contribution in [0.1, 0.15) is 10.4 Å². The van der Waals surface area contributed by atoms with Crippen LogP contribution in [0.3, 0.4) is 0 Å². The van der Waals surface area contributed by atoms with E-state index in [2.05, 4.69) is 0 Å². The molecule has 1 fully saturated rings. The Hall–Kier alpha value is -3.09. The Kier molecular flexibility index (Phi) is 5.90. The third-order valence-electron chi connectivity index (χ3n) is 4.44. The topological polar surface area (TPSA) is 59.1 Å². The second-order valence-electron chi connectivity index (χ2n) is 6.09. The van der Waals surface area contributed by atoms with E-state index in [0.29, 0.717) is 37.7 Å². The molecule has 3 rings (SSSR count). The van der Waals surface area contributed by atoms with Crippen molar-refractivity contribution in [3.8, 4) is 11.5 Å². The number of benzene rings is 2. The standard InChI is InChI=1S/C20H21FN2O4/c1-26-17-8-4-5-9-18(17)27-14-19(24)22-10-12-23(13-11-22)20(25)15-6-2-3-7-16(15)21/h2-9H,10-14H2,1H3. The van der Waals surface area contributed by atoms with Crippen molar-refractivity contribution in [2.45, 2.75) is 0 Å². The second-order valence-corrected chi connectivity index (χ2v) is 6.09. The van der Waals surface area contributed by atoms with Gasteiger partial charge in [0.05, 0.1) is 12.7 Å². The molecule has 1 saturated heterocycles.